The lowest BCUT2D eigenvalue weighted by molar-refractivity contribution is -0.143. The average molecular weight is 1400 g/mol. The van der Waals surface area contributed by atoms with Crippen molar-refractivity contribution in [1.82, 2.24) is 29.7 Å². The van der Waals surface area contributed by atoms with Crippen LogP contribution < -0.4 is 0 Å². The normalized spacial score (nSPS) is 18.1. The number of benzene rings is 3. The molecule has 0 bridgehead atoms. The van der Waals surface area contributed by atoms with E-state index in [-0.39, 0.29) is 54.6 Å². The van der Waals surface area contributed by atoms with E-state index in [0.717, 1.165) is 112 Å². The largest absolute Gasteiger partial charge is 0.466 e. The highest BCUT2D eigenvalue weighted by Gasteiger charge is 2.39. The van der Waals surface area contributed by atoms with Gasteiger partial charge in [0.1, 0.15) is 0 Å². The number of aliphatic hydroxyl groups is 1. The molecule has 3 saturated heterocycles. The fraction of sp³-hybridized carbons (Fsp3) is 0.418. The monoisotopic (exact) mass is 1400 g/mol. The van der Waals surface area contributed by atoms with Crippen LogP contribution in [0.2, 0.25) is 15.1 Å². The van der Waals surface area contributed by atoms with Gasteiger partial charge in [-0.3, -0.25) is 19.7 Å². The van der Waals surface area contributed by atoms with Crippen molar-refractivity contribution in [3.63, 3.8) is 0 Å². The van der Waals surface area contributed by atoms with Gasteiger partial charge in [0, 0.05) is 110 Å². The van der Waals surface area contributed by atoms with Crippen molar-refractivity contribution < 1.29 is 52.8 Å². The van der Waals surface area contributed by atoms with Crippen LogP contribution in [0.15, 0.2) is 122 Å². The van der Waals surface area contributed by atoms with Gasteiger partial charge < -0.3 is 43.5 Å². The van der Waals surface area contributed by atoms with Crippen LogP contribution in [-0.4, -0.2) is 144 Å². The number of hydrogen-bond donors (Lipinski definition) is 1. The molecule has 3 atom stereocenters. The van der Waals surface area contributed by atoms with Gasteiger partial charge in [0.2, 0.25) is 0 Å². The summed E-state index contributed by atoms with van der Waals surface area (Å²) in [5.74, 6) is 0.636. The number of halogens is 3. The molecule has 20 heteroatoms. The molecule has 0 saturated carbocycles. The summed E-state index contributed by atoms with van der Waals surface area (Å²) in [6, 6.07) is 30.2. The Kier molecular flexibility index (Phi) is 26.4. The second-order valence-electron chi connectivity index (χ2n) is 25.3. The summed E-state index contributed by atoms with van der Waals surface area (Å²) in [5.41, 5.74) is 16.2. The van der Waals surface area contributed by atoms with E-state index in [1.165, 1.54) is 22.8 Å². The van der Waals surface area contributed by atoms with Crippen molar-refractivity contribution in [2.45, 2.75) is 117 Å². The Morgan fingerprint density at radius 3 is 1.22 bits per heavy atom. The number of carbonyl (C=O) groups excluding carboxylic acids is 5. The molecule has 3 fully saturated rings. The highest BCUT2D eigenvalue weighted by atomic mass is 35.5. The lowest BCUT2D eigenvalue weighted by atomic mass is 9.76. The van der Waals surface area contributed by atoms with Crippen LogP contribution >= 0.6 is 34.8 Å². The summed E-state index contributed by atoms with van der Waals surface area (Å²) in [4.78, 5) is 80.6. The minimum atomic E-state index is -0.384. The molecule has 0 spiro atoms. The van der Waals surface area contributed by atoms with Gasteiger partial charge in [-0.2, -0.15) is 0 Å². The molecular weight excluding hydrogens is 1320 g/mol. The number of pyridine rings is 3. The third-order valence-electron chi connectivity index (χ3n) is 19.3. The number of aliphatic hydroxyl groups excluding tert-OH is 1. The Bertz CT molecular complexity index is 3960. The van der Waals surface area contributed by atoms with Crippen molar-refractivity contribution in [1.29, 1.82) is 0 Å². The molecule has 3 aliphatic heterocycles. The van der Waals surface area contributed by atoms with E-state index < -0.39 is 0 Å². The van der Waals surface area contributed by atoms with Crippen LogP contribution in [0.3, 0.4) is 0 Å². The molecule has 3 aliphatic carbocycles. The van der Waals surface area contributed by atoms with Gasteiger partial charge in [-0.05, 0) is 256 Å². The number of esters is 2. The van der Waals surface area contributed by atoms with Crippen LogP contribution in [0.25, 0.3) is 34.9 Å². The molecule has 6 aromatic rings. The molecule has 17 nitrogen and oxygen atoms in total. The second-order valence-corrected chi connectivity index (χ2v) is 26.6. The minimum Gasteiger partial charge on any atom is -0.466 e. The van der Waals surface area contributed by atoms with Crippen LogP contribution in [0.5, 0.6) is 0 Å². The number of rotatable bonds is 16. The van der Waals surface area contributed by atoms with Crippen molar-refractivity contribution in [2.24, 2.45) is 17.8 Å². The smallest absolute Gasteiger partial charge is 0.409 e. The van der Waals surface area contributed by atoms with Crippen molar-refractivity contribution in [3.05, 3.63) is 204 Å². The number of ether oxygens (including phenoxy) is 5. The Balaban J connectivity index is 0.000000161. The van der Waals surface area contributed by atoms with E-state index in [9.17, 15) is 29.1 Å². The Hall–Kier alpha value is -8.35. The standard InChI is InChI=1S/C27H31ClN2O4.C27H29ClN2O4.C25H29ClN2O3/c2*1-3-33-24(31)10-7-19-16-20-6-5-13-29-26(20)25(22-9-8-21(28)17-23(19)22)18-11-14-30(15-12-18)27(32)34-4-2;1-2-31-25(30)28-12-9-17(10-13-28)23-21-8-7-20(26)16-22(21)18(6-4-14-29)15-19-5-3-11-27-24(19)23/h5-6,8-9,13,16-18,25H,3-4,7,10-12,14-15H2,1-2H3;5-10,13,16-18,25H,3-4,11-12,14-15H2,1-2H3;3,5,7-8,11,15-17,23,29H,2,4,6,9-10,12-14H2,1H3/b;10-7+;. The first-order chi connectivity index (χ1) is 48.1. The predicted octanol–water partition coefficient (Wildman–Crippen LogP) is 17.0. The lowest BCUT2D eigenvalue weighted by Gasteiger charge is -2.36. The number of nitrogens with zero attached hydrogens (tertiary/aromatic N) is 6. The first-order valence-electron chi connectivity index (χ1n) is 34.9. The Morgan fingerprint density at radius 1 is 0.475 bits per heavy atom. The zero-order valence-corrected chi connectivity index (χ0v) is 59.4. The third kappa shape index (κ3) is 18.2. The van der Waals surface area contributed by atoms with Gasteiger partial charge in [0.25, 0.3) is 0 Å². The second kappa shape index (κ2) is 35.6. The van der Waals surface area contributed by atoms with Crippen molar-refractivity contribution >= 4 is 100.0 Å². The molecule has 522 valence electrons. The number of fused-ring (bicyclic) bond motifs is 6. The van der Waals surface area contributed by atoms with E-state index in [0.29, 0.717) is 124 Å². The van der Waals surface area contributed by atoms with E-state index in [4.69, 9.17) is 73.4 Å². The zero-order chi connectivity index (χ0) is 70.0. The van der Waals surface area contributed by atoms with Gasteiger partial charge >= 0.3 is 30.2 Å². The van der Waals surface area contributed by atoms with E-state index in [2.05, 4.69) is 54.6 Å². The van der Waals surface area contributed by atoms with Crippen LogP contribution in [-0.2, 0) is 33.3 Å². The molecule has 12 rings (SSSR count). The van der Waals surface area contributed by atoms with E-state index >= 15 is 0 Å². The molecule has 0 radical (unpaired) electrons. The van der Waals surface area contributed by atoms with Crippen molar-refractivity contribution in [3.8, 4) is 0 Å². The molecule has 1 N–H and O–H groups in total. The molecule has 6 aliphatic rings. The summed E-state index contributed by atoms with van der Waals surface area (Å²) in [5, 5.41) is 11.4. The number of amides is 3. The van der Waals surface area contributed by atoms with Gasteiger partial charge in [-0.15, -0.1) is 0 Å². The number of allylic oxidation sites excluding steroid dienone is 4. The number of piperidine rings is 3. The Labute approximate surface area is 596 Å². The highest BCUT2D eigenvalue weighted by Crippen LogP contribution is 2.49. The van der Waals surface area contributed by atoms with Gasteiger partial charge in [-0.1, -0.05) is 71.2 Å². The van der Waals surface area contributed by atoms with E-state index in [1.807, 2.05) is 106 Å². The maximum atomic E-state index is 12.2. The van der Waals surface area contributed by atoms with E-state index in [1.54, 1.807) is 22.8 Å². The summed E-state index contributed by atoms with van der Waals surface area (Å²) in [6.07, 6.45) is 22.0. The molecule has 3 amide bonds. The maximum absolute atomic E-state index is 12.2. The topological polar surface area (TPSA) is 200 Å². The number of hydrogen-bond acceptors (Lipinski definition) is 14. The van der Waals surface area contributed by atoms with Crippen molar-refractivity contribution in [2.75, 3.05) is 78.9 Å². The number of likely N-dealkylation sites (tertiary alicyclic amines) is 3. The molecule has 6 heterocycles. The van der Waals surface area contributed by atoms with Crippen LogP contribution in [0.1, 0.15) is 184 Å². The van der Waals surface area contributed by atoms with Crippen LogP contribution in [0.4, 0.5) is 14.4 Å². The molecular formula is C79H89Cl3N6O11. The summed E-state index contributed by atoms with van der Waals surface area (Å²) in [7, 11) is 0. The molecule has 99 heavy (non-hydrogen) atoms. The fourth-order valence-corrected chi connectivity index (χ4v) is 15.3. The number of aromatic nitrogens is 3. The summed E-state index contributed by atoms with van der Waals surface area (Å²) >= 11 is 19.3. The maximum Gasteiger partial charge on any atom is 0.409 e. The number of carbonyl (C=O) groups is 5. The van der Waals surface area contributed by atoms with Gasteiger partial charge in [0.05, 0.1) is 50.1 Å². The van der Waals surface area contributed by atoms with Gasteiger partial charge in [-0.25, -0.2) is 19.2 Å². The summed E-state index contributed by atoms with van der Waals surface area (Å²) < 4.78 is 25.8. The molecule has 3 aromatic carbocycles. The third-order valence-corrected chi connectivity index (χ3v) is 20.0. The quantitative estimate of drug-likeness (QED) is 0.0545. The molecule has 3 unspecified atom stereocenters. The SMILES string of the molecule is CCOC(=O)/C=C/C1=Cc2cccnc2C(C2CCN(C(=O)OCC)CC2)c2ccc(Cl)cc21.CCOC(=O)CCC1=Cc2cccnc2C(C2CCN(C(=O)OCC)CC2)c2ccc(Cl)cc21.CCOC(=O)N1CCC(C2c3ccc(Cl)cc3C(CCCO)=Cc3cccnc32)CC1. The first-order valence-corrected chi connectivity index (χ1v) is 36.0. The lowest BCUT2D eigenvalue weighted by Crippen LogP contribution is -2.40. The Morgan fingerprint density at radius 2 is 0.838 bits per heavy atom. The zero-order valence-electron chi connectivity index (χ0n) is 57.1. The highest BCUT2D eigenvalue weighted by molar-refractivity contribution is 6.31. The van der Waals surface area contributed by atoms with Gasteiger partial charge in [0.15, 0.2) is 0 Å². The first kappa shape index (κ1) is 73.4. The molecule has 3 aromatic heterocycles. The predicted molar refractivity (Wildman–Crippen MR) is 388 cm³/mol. The fourth-order valence-electron chi connectivity index (χ4n) is 14.8. The average Bonchev–Trinajstić information content (AvgIpc) is 1.69. The summed E-state index contributed by atoms with van der Waals surface area (Å²) in [6.45, 7) is 15.1. The van der Waals surface area contributed by atoms with Crippen LogP contribution in [0, 0.1) is 17.8 Å². The minimum absolute atomic E-state index is 0.0394.